The maximum absolute atomic E-state index is 13.8. The standard InChI is InChI=1S/C36H45N5O15S/c42-20-27-34(31(46)32(47)35(49)54-27)56-36-33(48)30(45)29(44)26(55-36)18-38-13-15-39(16-14-38)28(43)19-40(22-9-5-2-6-10-22)24-12-11-23(17-25(24)41(50)51)57(52,53)37-21-7-3-1-4-8-21/h1-12,17,26-27,29-37,42,44-49H,13-16,18-20H2/t26-,27-,29+,30+,31-,32-,33-,34-,35?,36+/m1/s1. The van der Waals surface area contributed by atoms with Crippen molar-refractivity contribution in [1.29, 1.82) is 0 Å². The number of rotatable bonds is 13. The molecule has 0 aliphatic carbocycles. The van der Waals surface area contributed by atoms with Crippen LogP contribution in [0.3, 0.4) is 0 Å². The number of para-hydroxylation sites is 2. The van der Waals surface area contributed by atoms with Crippen molar-refractivity contribution in [2.75, 3.05) is 55.5 Å². The fraction of sp³-hybridized carbons (Fsp3) is 0.472. The van der Waals surface area contributed by atoms with Crippen molar-refractivity contribution in [1.82, 2.24) is 9.80 Å². The minimum Gasteiger partial charge on any atom is -0.394 e. The Morgan fingerprint density at radius 2 is 1.49 bits per heavy atom. The van der Waals surface area contributed by atoms with Crippen molar-refractivity contribution < 1.29 is 68.1 Å². The summed E-state index contributed by atoms with van der Waals surface area (Å²) in [5.41, 5.74) is 0.152. The van der Waals surface area contributed by atoms with E-state index in [0.29, 0.717) is 5.69 Å². The van der Waals surface area contributed by atoms with Gasteiger partial charge in [0.1, 0.15) is 61.1 Å². The summed E-state index contributed by atoms with van der Waals surface area (Å²) in [6.07, 6.45) is -16.2. The molecule has 3 aromatic rings. The van der Waals surface area contributed by atoms with E-state index >= 15 is 0 Å². The van der Waals surface area contributed by atoms with Gasteiger partial charge in [0.2, 0.25) is 5.91 Å². The molecule has 3 aliphatic rings. The molecule has 20 nitrogen and oxygen atoms in total. The van der Waals surface area contributed by atoms with Gasteiger partial charge in [-0.1, -0.05) is 36.4 Å². The fourth-order valence-electron chi connectivity index (χ4n) is 6.93. The molecule has 3 saturated heterocycles. The summed E-state index contributed by atoms with van der Waals surface area (Å²) >= 11 is 0. The molecule has 310 valence electrons. The Morgan fingerprint density at radius 3 is 2.12 bits per heavy atom. The molecule has 1 amide bonds. The number of nitro groups is 1. The van der Waals surface area contributed by atoms with Crippen LogP contribution in [-0.4, -0.2) is 172 Å². The molecule has 1 unspecified atom stereocenters. The molecule has 8 N–H and O–H groups in total. The van der Waals surface area contributed by atoms with Gasteiger partial charge in [0.15, 0.2) is 12.6 Å². The van der Waals surface area contributed by atoms with Gasteiger partial charge in [-0.05, 0) is 36.4 Å². The first kappa shape index (κ1) is 42.3. The third kappa shape index (κ3) is 9.52. The normalized spacial score (nSPS) is 29.8. The summed E-state index contributed by atoms with van der Waals surface area (Å²) in [5.74, 6) is -0.393. The average Bonchev–Trinajstić information content (AvgIpc) is 3.21. The van der Waals surface area contributed by atoms with E-state index in [1.165, 1.54) is 29.2 Å². The van der Waals surface area contributed by atoms with Crippen LogP contribution in [0.1, 0.15) is 0 Å². The van der Waals surface area contributed by atoms with E-state index in [4.69, 9.17) is 14.2 Å². The molecule has 0 bridgehead atoms. The van der Waals surface area contributed by atoms with Crippen molar-refractivity contribution in [3.63, 3.8) is 0 Å². The van der Waals surface area contributed by atoms with Gasteiger partial charge in [0.25, 0.3) is 15.7 Å². The van der Waals surface area contributed by atoms with Crippen molar-refractivity contribution in [3.8, 4) is 0 Å². The van der Waals surface area contributed by atoms with Gasteiger partial charge in [-0.2, -0.15) is 0 Å². The largest absolute Gasteiger partial charge is 0.394 e. The molecule has 0 aromatic heterocycles. The van der Waals surface area contributed by atoms with Gasteiger partial charge in [0, 0.05) is 50.2 Å². The average molecular weight is 820 g/mol. The number of hydrogen-bond acceptors (Lipinski definition) is 17. The summed E-state index contributed by atoms with van der Waals surface area (Å²) in [6.45, 7) is -0.188. The second-order valence-corrected chi connectivity index (χ2v) is 15.5. The molecule has 0 spiro atoms. The van der Waals surface area contributed by atoms with E-state index in [2.05, 4.69) is 4.72 Å². The lowest BCUT2D eigenvalue weighted by atomic mass is 9.96. The minimum absolute atomic E-state index is 0.00194. The van der Waals surface area contributed by atoms with Gasteiger partial charge in [-0.3, -0.25) is 24.5 Å². The second-order valence-electron chi connectivity index (χ2n) is 13.8. The number of carbonyl (C=O) groups excluding carboxylic acids is 1. The SMILES string of the molecule is O=C(CN(c1ccccc1)c1ccc(S(=O)(=O)Nc2ccccc2)cc1[N+](=O)[O-])N1CCN(C[C@H]2O[C@@H](O[C@H]3[C@H](O)[C@@H](O)C(O)O[C@@H]3CO)[C@H](O)[C@@H](O)[C@H]2O)CC1. The number of nitro benzene ring substituents is 1. The number of aliphatic hydroxyl groups excluding tert-OH is 7. The Morgan fingerprint density at radius 1 is 0.842 bits per heavy atom. The Kier molecular flexibility index (Phi) is 13.4. The molecule has 10 atom stereocenters. The summed E-state index contributed by atoms with van der Waals surface area (Å²) in [7, 11) is -4.21. The Bertz CT molecular complexity index is 1940. The highest BCUT2D eigenvalue weighted by atomic mass is 32.2. The Balaban J connectivity index is 1.12. The lowest BCUT2D eigenvalue weighted by Gasteiger charge is -2.46. The number of nitrogens with zero attached hydrogens (tertiary/aromatic N) is 4. The van der Waals surface area contributed by atoms with Gasteiger partial charge >= 0.3 is 0 Å². The summed E-state index contributed by atoms with van der Waals surface area (Å²) in [5, 5.41) is 84.4. The van der Waals surface area contributed by atoms with Crippen LogP contribution in [0, 0.1) is 10.1 Å². The fourth-order valence-corrected chi connectivity index (χ4v) is 8.01. The Labute approximate surface area is 326 Å². The second kappa shape index (κ2) is 18.1. The van der Waals surface area contributed by atoms with Crippen molar-refractivity contribution >= 4 is 38.7 Å². The molecule has 21 heteroatoms. The van der Waals surface area contributed by atoms with Crippen LogP contribution in [0.15, 0.2) is 83.8 Å². The third-order valence-electron chi connectivity index (χ3n) is 10.1. The van der Waals surface area contributed by atoms with Crippen LogP contribution >= 0.6 is 0 Å². The maximum Gasteiger partial charge on any atom is 0.294 e. The third-order valence-corrected chi connectivity index (χ3v) is 11.5. The number of sulfonamides is 1. The topological polar surface area (TPSA) is 285 Å². The molecular formula is C36H45N5O15S. The molecule has 0 saturated carbocycles. The predicted octanol–water partition coefficient (Wildman–Crippen LogP) is -1.70. The molecule has 6 rings (SSSR count). The van der Waals surface area contributed by atoms with Gasteiger partial charge in [-0.25, -0.2) is 8.42 Å². The summed E-state index contributed by atoms with van der Waals surface area (Å²) < 4.78 is 45.3. The number of hydrogen-bond donors (Lipinski definition) is 8. The number of aliphatic hydroxyl groups is 7. The molecule has 57 heavy (non-hydrogen) atoms. The van der Waals surface area contributed by atoms with Crippen LogP contribution in [-0.2, 0) is 29.0 Å². The quantitative estimate of drug-likeness (QED) is 0.0705. The first-order valence-corrected chi connectivity index (χ1v) is 19.5. The van der Waals surface area contributed by atoms with Crippen molar-refractivity contribution in [2.24, 2.45) is 0 Å². The first-order valence-electron chi connectivity index (χ1n) is 18.0. The highest BCUT2D eigenvalue weighted by Gasteiger charge is 2.50. The lowest BCUT2D eigenvalue weighted by molar-refractivity contribution is -0.384. The van der Waals surface area contributed by atoms with E-state index < -0.39 is 94.6 Å². The highest BCUT2D eigenvalue weighted by Crippen LogP contribution is 2.36. The zero-order chi connectivity index (χ0) is 41.0. The number of amides is 1. The van der Waals surface area contributed by atoms with Crippen molar-refractivity contribution in [2.45, 2.75) is 66.3 Å². The van der Waals surface area contributed by atoms with Gasteiger partial charge in [0.05, 0.1) is 16.4 Å². The van der Waals surface area contributed by atoms with Crippen LogP contribution in [0.5, 0.6) is 0 Å². The highest BCUT2D eigenvalue weighted by molar-refractivity contribution is 7.92. The maximum atomic E-state index is 13.8. The number of piperazine rings is 1. The Hall–Kier alpha value is -4.36. The van der Waals surface area contributed by atoms with E-state index in [-0.39, 0.29) is 55.5 Å². The number of ether oxygens (including phenoxy) is 3. The number of nitrogens with one attached hydrogen (secondary N) is 1. The zero-order valence-electron chi connectivity index (χ0n) is 30.3. The summed E-state index contributed by atoms with van der Waals surface area (Å²) in [4.78, 5) is 29.9. The minimum atomic E-state index is -4.21. The van der Waals surface area contributed by atoms with E-state index in [0.717, 1.165) is 6.07 Å². The number of anilines is 3. The van der Waals surface area contributed by atoms with E-state index in [1.807, 2.05) is 4.90 Å². The van der Waals surface area contributed by atoms with Crippen LogP contribution < -0.4 is 9.62 Å². The monoisotopic (exact) mass is 819 g/mol. The van der Waals surface area contributed by atoms with Crippen LogP contribution in [0.4, 0.5) is 22.7 Å². The lowest BCUT2D eigenvalue weighted by Crippen LogP contribution is -2.65. The first-order chi connectivity index (χ1) is 27.2. The smallest absolute Gasteiger partial charge is 0.294 e. The molecule has 0 radical (unpaired) electrons. The van der Waals surface area contributed by atoms with E-state index in [9.17, 15) is 59.1 Å². The zero-order valence-corrected chi connectivity index (χ0v) is 31.1. The van der Waals surface area contributed by atoms with Crippen LogP contribution in [0.2, 0.25) is 0 Å². The number of benzene rings is 3. The molecule has 3 aliphatic heterocycles. The number of carbonyl (C=O) groups is 1. The molecule has 3 fully saturated rings. The molecular weight excluding hydrogens is 774 g/mol. The van der Waals surface area contributed by atoms with Crippen molar-refractivity contribution in [3.05, 3.63) is 89.0 Å². The van der Waals surface area contributed by atoms with Crippen LogP contribution in [0.25, 0.3) is 0 Å². The summed E-state index contributed by atoms with van der Waals surface area (Å²) in [6, 6.07) is 19.9. The van der Waals surface area contributed by atoms with Gasteiger partial charge in [-0.15, -0.1) is 0 Å². The van der Waals surface area contributed by atoms with Gasteiger partial charge < -0.3 is 59.8 Å². The predicted molar refractivity (Wildman–Crippen MR) is 198 cm³/mol. The van der Waals surface area contributed by atoms with E-state index in [1.54, 1.807) is 53.4 Å². The molecule has 3 aromatic carbocycles. The molecule has 3 heterocycles.